The van der Waals surface area contributed by atoms with Gasteiger partial charge in [-0.05, 0) is 66.6 Å². The summed E-state index contributed by atoms with van der Waals surface area (Å²) in [5.41, 5.74) is 7.56. The SMILES string of the molecule is COc1cccc(C2(c3cccc(OC)c3)NCC3CC(C(N)=O)CC32)c1. The molecule has 0 spiro atoms. The van der Waals surface area contributed by atoms with Crippen molar-refractivity contribution >= 4 is 5.91 Å². The minimum absolute atomic E-state index is 0.0577. The maximum absolute atomic E-state index is 11.9. The molecule has 2 fully saturated rings. The molecule has 0 aromatic heterocycles. The second-order valence-corrected chi connectivity index (χ2v) is 7.59. The summed E-state index contributed by atoms with van der Waals surface area (Å²) in [7, 11) is 3.36. The molecule has 1 saturated carbocycles. The van der Waals surface area contributed by atoms with E-state index in [-0.39, 0.29) is 17.7 Å². The Kier molecular flexibility index (Phi) is 4.56. The average Bonchev–Trinajstić information content (AvgIpc) is 3.28. The molecular formula is C22H26N2O3. The maximum Gasteiger partial charge on any atom is 0.220 e. The highest BCUT2D eigenvalue weighted by Crippen LogP contribution is 2.54. The van der Waals surface area contributed by atoms with Crippen LogP contribution in [0.4, 0.5) is 0 Å². The van der Waals surface area contributed by atoms with Crippen molar-refractivity contribution in [2.24, 2.45) is 23.5 Å². The molecule has 1 saturated heterocycles. The number of amides is 1. The van der Waals surface area contributed by atoms with E-state index in [1.165, 1.54) is 0 Å². The van der Waals surface area contributed by atoms with Crippen molar-refractivity contribution in [2.75, 3.05) is 20.8 Å². The van der Waals surface area contributed by atoms with Gasteiger partial charge in [0.2, 0.25) is 5.91 Å². The lowest BCUT2D eigenvalue weighted by Crippen LogP contribution is -2.43. The molecule has 2 aromatic carbocycles. The summed E-state index contributed by atoms with van der Waals surface area (Å²) in [6.07, 6.45) is 1.64. The normalized spacial score (nSPS) is 25.8. The first-order chi connectivity index (χ1) is 13.1. The minimum atomic E-state index is -0.391. The summed E-state index contributed by atoms with van der Waals surface area (Å²) in [5.74, 6) is 2.11. The van der Waals surface area contributed by atoms with E-state index < -0.39 is 5.54 Å². The van der Waals surface area contributed by atoms with Crippen LogP contribution in [0.2, 0.25) is 0 Å². The highest BCUT2D eigenvalue weighted by molar-refractivity contribution is 5.77. The lowest BCUT2D eigenvalue weighted by molar-refractivity contribution is -0.121. The smallest absolute Gasteiger partial charge is 0.220 e. The number of hydrogen-bond donors (Lipinski definition) is 2. The summed E-state index contributed by atoms with van der Waals surface area (Å²) in [6.45, 7) is 0.864. The van der Waals surface area contributed by atoms with Crippen molar-refractivity contribution in [3.63, 3.8) is 0 Å². The maximum atomic E-state index is 11.9. The van der Waals surface area contributed by atoms with Gasteiger partial charge in [0.25, 0.3) is 0 Å². The first-order valence-corrected chi connectivity index (χ1v) is 9.42. The van der Waals surface area contributed by atoms with Crippen LogP contribution < -0.4 is 20.5 Å². The molecule has 5 nitrogen and oxygen atoms in total. The Balaban J connectivity index is 1.87. The number of hydrogen-bond acceptors (Lipinski definition) is 4. The van der Waals surface area contributed by atoms with E-state index in [9.17, 15) is 4.79 Å². The van der Waals surface area contributed by atoms with E-state index in [2.05, 4.69) is 29.6 Å². The molecule has 1 aliphatic carbocycles. The lowest BCUT2D eigenvalue weighted by atomic mass is 9.72. The zero-order valence-corrected chi connectivity index (χ0v) is 15.8. The number of primary amides is 1. The fourth-order valence-electron chi connectivity index (χ4n) is 5.07. The van der Waals surface area contributed by atoms with Crippen LogP contribution in [-0.2, 0) is 10.3 Å². The number of benzene rings is 2. The summed E-state index contributed by atoms with van der Waals surface area (Å²) in [5, 5.41) is 3.80. The fourth-order valence-corrected chi connectivity index (χ4v) is 5.07. The largest absolute Gasteiger partial charge is 0.497 e. The number of methoxy groups -OCH3 is 2. The molecule has 142 valence electrons. The summed E-state index contributed by atoms with van der Waals surface area (Å²) in [6, 6.07) is 16.4. The second kappa shape index (κ2) is 6.89. The zero-order valence-electron chi connectivity index (χ0n) is 15.8. The number of fused-ring (bicyclic) bond motifs is 1. The van der Waals surface area contributed by atoms with Gasteiger partial charge in [0.05, 0.1) is 19.8 Å². The van der Waals surface area contributed by atoms with Gasteiger partial charge in [-0.25, -0.2) is 0 Å². The number of carbonyl (C=O) groups is 1. The molecule has 3 unspecified atom stereocenters. The fraction of sp³-hybridized carbons (Fsp3) is 0.409. The molecule has 1 heterocycles. The number of ether oxygens (including phenoxy) is 2. The molecule has 5 heteroatoms. The highest BCUT2D eigenvalue weighted by Gasteiger charge is 2.55. The summed E-state index contributed by atoms with van der Waals surface area (Å²) in [4.78, 5) is 11.9. The molecule has 4 rings (SSSR count). The first kappa shape index (κ1) is 17.9. The number of rotatable bonds is 5. The van der Waals surface area contributed by atoms with E-state index in [0.29, 0.717) is 5.92 Å². The predicted octanol–water partition coefficient (Wildman–Crippen LogP) is 2.68. The third-order valence-electron chi connectivity index (χ3n) is 6.35. The molecule has 1 aliphatic heterocycles. The van der Waals surface area contributed by atoms with Crippen LogP contribution in [-0.4, -0.2) is 26.7 Å². The minimum Gasteiger partial charge on any atom is -0.497 e. The number of nitrogens with two attached hydrogens (primary N) is 1. The molecule has 0 bridgehead atoms. The standard InChI is InChI=1S/C22H26N2O3/c1-26-18-7-3-5-16(11-18)22(17-6-4-8-19(12-17)27-2)20-10-14(21(23)25)9-15(20)13-24-22/h3-8,11-12,14-15,20,24H,9-10,13H2,1-2H3,(H2,23,25). The Hall–Kier alpha value is -2.53. The Bertz CT molecular complexity index is 803. The third-order valence-corrected chi connectivity index (χ3v) is 6.35. The predicted molar refractivity (Wildman–Crippen MR) is 104 cm³/mol. The van der Waals surface area contributed by atoms with E-state index in [4.69, 9.17) is 15.2 Å². The van der Waals surface area contributed by atoms with Gasteiger partial charge in [-0.1, -0.05) is 24.3 Å². The van der Waals surface area contributed by atoms with Crippen molar-refractivity contribution in [2.45, 2.75) is 18.4 Å². The van der Waals surface area contributed by atoms with Crippen LogP contribution in [0.5, 0.6) is 11.5 Å². The highest BCUT2D eigenvalue weighted by atomic mass is 16.5. The first-order valence-electron chi connectivity index (χ1n) is 9.42. The number of nitrogens with one attached hydrogen (secondary N) is 1. The topological polar surface area (TPSA) is 73.6 Å². The molecule has 2 aromatic rings. The van der Waals surface area contributed by atoms with Crippen LogP contribution in [0.3, 0.4) is 0 Å². The monoisotopic (exact) mass is 366 g/mol. The van der Waals surface area contributed by atoms with Crippen LogP contribution >= 0.6 is 0 Å². The Morgan fingerprint density at radius 3 is 2.15 bits per heavy atom. The molecule has 2 aliphatic rings. The summed E-state index contributed by atoms with van der Waals surface area (Å²) < 4.78 is 11.0. The van der Waals surface area contributed by atoms with Crippen LogP contribution in [0.25, 0.3) is 0 Å². The Labute approximate surface area is 159 Å². The van der Waals surface area contributed by atoms with Gasteiger partial charge < -0.3 is 20.5 Å². The average molecular weight is 366 g/mol. The van der Waals surface area contributed by atoms with Crippen LogP contribution in [0, 0.1) is 17.8 Å². The Morgan fingerprint density at radius 2 is 1.63 bits per heavy atom. The van der Waals surface area contributed by atoms with Crippen molar-refractivity contribution in [1.82, 2.24) is 5.32 Å². The van der Waals surface area contributed by atoms with Crippen LogP contribution in [0.1, 0.15) is 24.0 Å². The van der Waals surface area contributed by atoms with Crippen molar-refractivity contribution < 1.29 is 14.3 Å². The molecular weight excluding hydrogens is 340 g/mol. The molecule has 27 heavy (non-hydrogen) atoms. The van der Waals surface area contributed by atoms with Crippen LogP contribution in [0.15, 0.2) is 48.5 Å². The Morgan fingerprint density at radius 1 is 1.04 bits per heavy atom. The number of carbonyl (C=O) groups excluding carboxylic acids is 1. The summed E-state index contributed by atoms with van der Waals surface area (Å²) >= 11 is 0. The zero-order chi connectivity index (χ0) is 19.0. The van der Waals surface area contributed by atoms with Gasteiger partial charge in [0, 0.05) is 5.92 Å². The molecule has 3 atom stereocenters. The lowest BCUT2D eigenvalue weighted by Gasteiger charge is -2.37. The van der Waals surface area contributed by atoms with Crippen molar-refractivity contribution in [3.05, 3.63) is 59.7 Å². The van der Waals surface area contributed by atoms with Gasteiger partial charge in [-0.15, -0.1) is 0 Å². The van der Waals surface area contributed by atoms with E-state index in [0.717, 1.165) is 42.0 Å². The quantitative estimate of drug-likeness (QED) is 0.853. The molecule has 1 amide bonds. The molecule has 0 radical (unpaired) electrons. The van der Waals surface area contributed by atoms with E-state index in [1.54, 1.807) is 14.2 Å². The van der Waals surface area contributed by atoms with Gasteiger partial charge in [0.1, 0.15) is 11.5 Å². The van der Waals surface area contributed by atoms with Crippen molar-refractivity contribution in [1.29, 1.82) is 0 Å². The van der Waals surface area contributed by atoms with E-state index in [1.807, 2.05) is 24.3 Å². The van der Waals surface area contributed by atoms with Gasteiger partial charge in [0.15, 0.2) is 0 Å². The van der Waals surface area contributed by atoms with E-state index >= 15 is 0 Å². The molecule has 3 N–H and O–H groups in total. The van der Waals surface area contributed by atoms with Gasteiger partial charge in [-0.3, -0.25) is 4.79 Å². The third kappa shape index (κ3) is 2.86. The van der Waals surface area contributed by atoms with Gasteiger partial charge in [-0.2, -0.15) is 0 Å². The second-order valence-electron chi connectivity index (χ2n) is 7.59. The van der Waals surface area contributed by atoms with Crippen molar-refractivity contribution in [3.8, 4) is 11.5 Å². The van der Waals surface area contributed by atoms with Gasteiger partial charge >= 0.3 is 0 Å².